The van der Waals surface area contributed by atoms with Crippen molar-refractivity contribution in [2.75, 3.05) is 0 Å². The van der Waals surface area contributed by atoms with Gasteiger partial charge >= 0.3 is 12.1 Å². The van der Waals surface area contributed by atoms with Gasteiger partial charge in [0.25, 0.3) is 0 Å². The fourth-order valence-electron chi connectivity index (χ4n) is 1.70. The van der Waals surface area contributed by atoms with Gasteiger partial charge in [-0.25, -0.2) is 4.68 Å². The maximum Gasteiger partial charge on any atom is 0.459 e. The van der Waals surface area contributed by atoms with Crippen molar-refractivity contribution in [1.29, 1.82) is 0 Å². The zero-order chi connectivity index (χ0) is 15.2. The van der Waals surface area contributed by atoms with E-state index >= 15 is 0 Å². The first-order chi connectivity index (χ1) is 8.30. The fourth-order valence-corrected chi connectivity index (χ4v) is 1.70. The smallest absolute Gasteiger partial charge is 0.246 e. The summed E-state index contributed by atoms with van der Waals surface area (Å²) in [5.74, 6) is -5.01. The Kier molecular flexibility index (Phi) is 3.68. The standard InChI is InChI=1S/C11H16F5N3/c1-6(2)19-8(9(3,4)5)7(17-18-19)10(12,13)11(14,15)16/h6H,1-5H3. The first kappa shape index (κ1) is 15.8. The monoisotopic (exact) mass is 285 g/mol. The molecule has 8 heteroatoms. The Bertz CT molecular complexity index is 454. The van der Waals surface area contributed by atoms with Gasteiger partial charge in [-0.15, -0.1) is 5.10 Å². The van der Waals surface area contributed by atoms with Crippen molar-refractivity contribution < 1.29 is 22.0 Å². The summed E-state index contributed by atoms with van der Waals surface area (Å²) in [5, 5.41) is 6.53. The van der Waals surface area contributed by atoms with Gasteiger partial charge in [-0.3, -0.25) is 0 Å². The van der Waals surface area contributed by atoms with E-state index in [2.05, 4.69) is 10.3 Å². The third kappa shape index (κ3) is 2.71. The molecule has 1 heterocycles. The summed E-state index contributed by atoms with van der Waals surface area (Å²) in [5.41, 5.74) is -2.45. The molecular formula is C11H16F5N3. The summed E-state index contributed by atoms with van der Waals surface area (Å²) < 4.78 is 65.5. The highest BCUT2D eigenvalue weighted by molar-refractivity contribution is 5.25. The number of hydrogen-bond acceptors (Lipinski definition) is 2. The lowest BCUT2D eigenvalue weighted by atomic mass is 9.88. The second-order valence-electron chi connectivity index (χ2n) is 5.65. The van der Waals surface area contributed by atoms with Gasteiger partial charge in [0.05, 0.1) is 5.69 Å². The van der Waals surface area contributed by atoms with E-state index in [4.69, 9.17) is 0 Å². The largest absolute Gasteiger partial charge is 0.459 e. The highest BCUT2D eigenvalue weighted by Crippen LogP contribution is 2.46. The van der Waals surface area contributed by atoms with Gasteiger partial charge in [0.15, 0.2) is 5.69 Å². The Morgan fingerprint density at radius 1 is 1.00 bits per heavy atom. The molecule has 0 aliphatic carbocycles. The summed E-state index contributed by atoms with van der Waals surface area (Å²) in [7, 11) is 0. The van der Waals surface area contributed by atoms with Crippen molar-refractivity contribution in [2.45, 2.75) is 58.2 Å². The van der Waals surface area contributed by atoms with Crippen molar-refractivity contribution in [3.05, 3.63) is 11.4 Å². The summed E-state index contributed by atoms with van der Waals surface area (Å²) in [6.07, 6.45) is -5.69. The highest BCUT2D eigenvalue weighted by Gasteiger charge is 2.62. The van der Waals surface area contributed by atoms with Gasteiger partial charge in [0, 0.05) is 11.5 Å². The van der Waals surface area contributed by atoms with Crippen molar-refractivity contribution in [1.82, 2.24) is 15.0 Å². The molecule has 0 saturated heterocycles. The lowest BCUT2D eigenvalue weighted by Gasteiger charge is -2.26. The molecule has 0 aliphatic rings. The Balaban J connectivity index is 3.55. The minimum absolute atomic E-state index is 0.204. The van der Waals surface area contributed by atoms with Crippen molar-refractivity contribution >= 4 is 0 Å². The summed E-state index contributed by atoms with van der Waals surface area (Å²) in [6.45, 7) is 7.90. The zero-order valence-corrected chi connectivity index (χ0v) is 11.3. The van der Waals surface area contributed by atoms with Gasteiger partial charge < -0.3 is 0 Å². The Morgan fingerprint density at radius 2 is 1.47 bits per heavy atom. The van der Waals surface area contributed by atoms with Gasteiger partial charge in [-0.1, -0.05) is 26.0 Å². The van der Waals surface area contributed by atoms with Crippen LogP contribution in [0.2, 0.25) is 0 Å². The maximum absolute atomic E-state index is 13.5. The lowest BCUT2D eigenvalue weighted by molar-refractivity contribution is -0.291. The van der Waals surface area contributed by atoms with Gasteiger partial charge in [0.2, 0.25) is 0 Å². The molecule has 0 N–H and O–H groups in total. The van der Waals surface area contributed by atoms with Crippen LogP contribution in [0, 0.1) is 0 Å². The summed E-state index contributed by atoms with van der Waals surface area (Å²) in [4.78, 5) is 0. The predicted octanol–water partition coefficient (Wildman–Crippen LogP) is 3.81. The van der Waals surface area contributed by atoms with E-state index in [-0.39, 0.29) is 11.7 Å². The quantitative estimate of drug-likeness (QED) is 0.774. The molecule has 1 aromatic rings. The predicted molar refractivity (Wildman–Crippen MR) is 59.1 cm³/mol. The van der Waals surface area contributed by atoms with Crippen LogP contribution in [0.5, 0.6) is 0 Å². The van der Waals surface area contributed by atoms with Crippen molar-refractivity contribution in [3.63, 3.8) is 0 Å². The van der Waals surface area contributed by atoms with Crippen LogP contribution in [-0.4, -0.2) is 21.2 Å². The molecule has 110 valence electrons. The zero-order valence-electron chi connectivity index (χ0n) is 11.3. The molecule has 0 unspecified atom stereocenters. The summed E-state index contributed by atoms with van der Waals surface area (Å²) in [6, 6.07) is -0.362. The third-order valence-electron chi connectivity index (χ3n) is 2.55. The molecule has 0 saturated carbocycles. The van der Waals surface area contributed by atoms with Crippen LogP contribution in [0.3, 0.4) is 0 Å². The normalized spacial score (nSPS) is 14.3. The minimum Gasteiger partial charge on any atom is -0.246 e. The SMILES string of the molecule is CC(C)n1nnc(C(F)(F)C(F)(F)F)c1C(C)(C)C. The van der Waals surface area contributed by atoms with Crippen LogP contribution < -0.4 is 0 Å². The number of rotatable bonds is 2. The molecule has 0 radical (unpaired) electrons. The minimum atomic E-state index is -5.69. The molecule has 1 aromatic heterocycles. The molecule has 0 amide bonds. The lowest BCUT2D eigenvalue weighted by Crippen LogP contribution is -2.37. The van der Waals surface area contributed by atoms with Crippen LogP contribution in [0.4, 0.5) is 22.0 Å². The molecule has 19 heavy (non-hydrogen) atoms. The molecule has 0 aromatic carbocycles. The first-order valence-corrected chi connectivity index (χ1v) is 5.71. The maximum atomic E-state index is 13.5. The fraction of sp³-hybridized carbons (Fsp3) is 0.818. The second kappa shape index (κ2) is 4.42. The van der Waals surface area contributed by atoms with E-state index in [1.54, 1.807) is 34.6 Å². The van der Waals surface area contributed by atoms with Crippen molar-refractivity contribution in [2.24, 2.45) is 0 Å². The van der Waals surface area contributed by atoms with Crippen molar-refractivity contribution in [3.8, 4) is 0 Å². The average Bonchev–Trinajstić information content (AvgIpc) is 2.58. The topological polar surface area (TPSA) is 30.7 Å². The van der Waals surface area contributed by atoms with Crippen LogP contribution in [0.15, 0.2) is 0 Å². The first-order valence-electron chi connectivity index (χ1n) is 5.71. The molecule has 0 spiro atoms. The highest BCUT2D eigenvalue weighted by atomic mass is 19.4. The number of hydrogen-bond donors (Lipinski definition) is 0. The number of nitrogens with zero attached hydrogens (tertiary/aromatic N) is 3. The number of alkyl halides is 5. The van der Waals surface area contributed by atoms with Gasteiger partial charge in [-0.2, -0.15) is 22.0 Å². The summed E-state index contributed by atoms with van der Waals surface area (Å²) >= 11 is 0. The van der Waals surface area contributed by atoms with Gasteiger partial charge in [0.1, 0.15) is 0 Å². The van der Waals surface area contributed by atoms with E-state index < -0.39 is 23.2 Å². The molecule has 0 aliphatic heterocycles. The Morgan fingerprint density at radius 3 is 1.79 bits per heavy atom. The van der Waals surface area contributed by atoms with Crippen LogP contribution in [0.25, 0.3) is 0 Å². The van der Waals surface area contributed by atoms with Crippen LogP contribution >= 0.6 is 0 Å². The molecule has 1 rings (SSSR count). The van der Waals surface area contributed by atoms with Crippen LogP contribution in [-0.2, 0) is 11.3 Å². The molecule has 0 fully saturated rings. The molecule has 0 bridgehead atoms. The number of aromatic nitrogens is 3. The van der Waals surface area contributed by atoms with E-state index in [1.165, 1.54) is 0 Å². The Hall–Kier alpha value is -1.21. The van der Waals surface area contributed by atoms with E-state index in [1.807, 2.05) is 0 Å². The second-order valence-corrected chi connectivity index (χ2v) is 5.65. The molecular weight excluding hydrogens is 269 g/mol. The van der Waals surface area contributed by atoms with E-state index in [9.17, 15) is 22.0 Å². The third-order valence-corrected chi connectivity index (χ3v) is 2.55. The number of halogens is 5. The molecule has 0 atom stereocenters. The Labute approximate surface area is 107 Å². The average molecular weight is 285 g/mol. The van der Waals surface area contributed by atoms with E-state index in [0.717, 1.165) is 4.68 Å². The molecule has 3 nitrogen and oxygen atoms in total. The van der Waals surface area contributed by atoms with E-state index in [0.29, 0.717) is 0 Å². The van der Waals surface area contributed by atoms with Crippen LogP contribution in [0.1, 0.15) is 52.0 Å². The van der Waals surface area contributed by atoms with Gasteiger partial charge in [-0.05, 0) is 13.8 Å².